The Kier molecular flexibility index (Phi) is 6.50. The van der Waals surface area contributed by atoms with Crippen LogP contribution in [0, 0.1) is 13.8 Å². The Labute approximate surface area is 156 Å². The molecule has 0 saturated carbocycles. The Morgan fingerprint density at radius 1 is 0.640 bits per heavy atom. The van der Waals surface area contributed by atoms with Crippen LogP contribution in [0.25, 0.3) is 0 Å². The van der Waals surface area contributed by atoms with Crippen molar-refractivity contribution in [1.82, 2.24) is 0 Å². The first-order valence-corrected chi connectivity index (χ1v) is 11.4. The van der Waals surface area contributed by atoms with Crippen molar-refractivity contribution >= 4 is 18.5 Å². The van der Waals surface area contributed by atoms with E-state index in [1.807, 2.05) is 0 Å². The standard InChI is InChI=1S/C24H35P/c1-15(2)20-13-22(16(3)4)24(23(14-20)17(5)6)25(9)21-11-18(7)10-19(8)12-21/h10-17H,1-9H3. The fourth-order valence-corrected chi connectivity index (χ4v) is 6.05. The summed E-state index contributed by atoms with van der Waals surface area (Å²) >= 11 is 0. The summed E-state index contributed by atoms with van der Waals surface area (Å²) in [5.74, 6) is 1.69. The van der Waals surface area contributed by atoms with E-state index in [4.69, 9.17) is 0 Å². The monoisotopic (exact) mass is 354 g/mol. The zero-order valence-corrected chi connectivity index (χ0v) is 18.5. The molecule has 0 radical (unpaired) electrons. The van der Waals surface area contributed by atoms with E-state index >= 15 is 0 Å². The number of hydrogen-bond acceptors (Lipinski definition) is 0. The first-order chi connectivity index (χ1) is 11.6. The Bertz CT molecular complexity index is 689. The van der Waals surface area contributed by atoms with Gasteiger partial charge >= 0.3 is 0 Å². The molecule has 2 aromatic carbocycles. The lowest BCUT2D eigenvalue weighted by Crippen LogP contribution is -2.22. The van der Waals surface area contributed by atoms with Gasteiger partial charge in [0.25, 0.3) is 0 Å². The molecule has 0 N–H and O–H groups in total. The Morgan fingerprint density at radius 2 is 1.08 bits per heavy atom. The summed E-state index contributed by atoms with van der Waals surface area (Å²) in [6.45, 7) is 20.9. The number of benzene rings is 2. The predicted molar refractivity (Wildman–Crippen MR) is 117 cm³/mol. The van der Waals surface area contributed by atoms with Crippen molar-refractivity contribution in [2.75, 3.05) is 6.66 Å². The van der Waals surface area contributed by atoms with Crippen molar-refractivity contribution in [1.29, 1.82) is 0 Å². The van der Waals surface area contributed by atoms with Crippen LogP contribution in [-0.4, -0.2) is 6.66 Å². The molecule has 25 heavy (non-hydrogen) atoms. The average Bonchev–Trinajstić information content (AvgIpc) is 2.51. The molecule has 0 nitrogen and oxygen atoms in total. The van der Waals surface area contributed by atoms with Gasteiger partial charge in [-0.3, -0.25) is 0 Å². The summed E-state index contributed by atoms with van der Waals surface area (Å²) in [5, 5.41) is 3.13. The first kappa shape index (κ1) is 20.2. The predicted octanol–water partition coefficient (Wildman–Crippen LogP) is 6.74. The molecule has 1 unspecified atom stereocenters. The van der Waals surface area contributed by atoms with E-state index in [1.165, 1.54) is 22.0 Å². The molecule has 0 bridgehead atoms. The van der Waals surface area contributed by atoms with Crippen molar-refractivity contribution in [3.63, 3.8) is 0 Å². The van der Waals surface area contributed by atoms with Crippen molar-refractivity contribution in [2.24, 2.45) is 0 Å². The zero-order valence-electron chi connectivity index (χ0n) is 17.6. The molecular formula is C24H35P. The van der Waals surface area contributed by atoms with Crippen molar-refractivity contribution in [3.05, 3.63) is 58.1 Å². The van der Waals surface area contributed by atoms with Gasteiger partial charge in [-0.25, -0.2) is 0 Å². The van der Waals surface area contributed by atoms with Crippen LogP contribution in [0.5, 0.6) is 0 Å². The van der Waals surface area contributed by atoms with Gasteiger partial charge in [0.2, 0.25) is 0 Å². The van der Waals surface area contributed by atoms with Gasteiger partial charge in [-0.05, 0) is 73.5 Å². The van der Waals surface area contributed by atoms with E-state index in [9.17, 15) is 0 Å². The van der Waals surface area contributed by atoms with Crippen LogP contribution in [0.15, 0.2) is 30.3 Å². The maximum absolute atomic E-state index is 2.48. The van der Waals surface area contributed by atoms with E-state index in [2.05, 4.69) is 92.4 Å². The molecule has 0 aliphatic carbocycles. The molecule has 1 atom stereocenters. The van der Waals surface area contributed by atoms with Crippen LogP contribution in [0.4, 0.5) is 0 Å². The molecule has 0 spiro atoms. The second-order valence-corrected chi connectivity index (χ2v) is 10.5. The molecule has 0 aliphatic rings. The minimum atomic E-state index is -0.341. The normalized spacial score (nSPS) is 13.1. The third-order valence-corrected chi connectivity index (χ3v) is 7.25. The molecule has 2 aromatic rings. The first-order valence-electron chi connectivity index (χ1n) is 9.61. The number of aryl methyl sites for hydroxylation is 2. The highest BCUT2D eigenvalue weighted by molar-refractivity contribution is 7.72. The van der Waals surface area contributed by atoms with E-state index in [1.54, 1.807) is 16.4 Å². The second-order valence-electron chi connectivity index (χ2n) is 8.42. The van der Waals surface area contributed by atoms with Crippen LogP contribution < -0.4 is 10.6 Å². The van der Waals surface area contributed by atoms with Gasteiger partial charge in [-0.2, -0.15) is 0 Å². The average molecular weight is 355 g/mol. The van der Waals surface area contributed by atoms with Gasteiger partial charge in [0.15, 0.2) is 0 Å². The van der Waals surface area contributed by atoms with Crippen molar-refractivity contribution < 1.29 is 0 Å². The van der Waals surface area contributed by atoms with E-state index in [0.717, 1.165) is 0 Å². The highest BCUT2D eigenvalue weighted by Crippen LogP contribution is 2.38. The number of rotatable bonds is 5. The maximum atomic E-state index is 2.48. The van der Waals surface area contributed by atoms with Gasteiger partial charge in [0.1, 0.15) is 0 Å². The van der Waals surface area contributed by atoms with Gasteiger partial charge < -0.3 is 0 Å². The summed E-state index contributed by atoms with van der Waals surface area (Å²) < 4.78 is 0. The van der Waals surface area contributed by atoms with Crippen LogP contribution >= 0.6 is 7.92 Å². The van der Waals surface area contributed by atoms with Gasteiger partial charge in [-0.15, -0.1) is 0 Å². The highest BCUT2D eigenvalue weighted by atomic mass is 31.1. The summed E-state index contributed by atoms with van der Waals surface area (Å²) in [6.07, 6.45) is 0. The fraction of sp³-hybridized carbons (Fsp3) is 0.500. The summed E-state index contributed by atoms with van der Waals surface area (Å²) in [6, 6.07) is 12.0. The SMILES string of the molecule is Cc1cc(C)cc(P(C)c2c(C(C)C)cc(C(C)C)cc2C(C)C)c1. The Hall–Kier alpha value is -1.13. The van der Waals surface area contributed by atoms with Crippen LogP contribution in [-0.2, 0) is 0 Å². The van der Waals surface area contributed by atoms with Crippen molar-refractivity contribution in [2.45, 2.75) is 73.1 Å². The minimum absolute atomic E-state index is 0.341. The lowest BCUT2D eigenvalue weighted by Gasteiger charge is -2.27. The minimum Gasteiger partial charge on any atom is -0.0587 e. The smallest absolute Gasteiger partial charge is 0.0129 e. The molecule has 2 rings (SSSR count). The summed E-state index contributed by atoms with van der Waals surface area (Å²) in [5.41, 5.74) is 7.35. The fourth-order valence-electron chi connectivity index (χ4n) is 3.58. The Morgan fingerprint density at radius 3 is 1.44 bits per heavy atom. The summed E-state index contributed by atoms with van der Waals surface area (Å²) in [7, 11) is -0.341. The van der Waals surface area contributed by atoms with Crippen molar-refractivity contribution in [3.8, 4) is 0 Å². The van der Waals surface area contributed by atoms with E-state index in [0.29, 0.717) is 17.8 Å². The molecule has 0 saturated heterocycles. The molecule has 136 valence electrons. The summed E-state index contributed by atoms with van der Waals surface area (Å²) in [4.78, 5) is 0. The van der Waals surface area contributed by atoms with Gasteiger partial charge in [-0.1, -0.05) is 83.0 Å². The topological polar surface area (TPSA) is 0 Å². The molecule has 0 aliphatic heterocycles. The van der Waals surface area contributed by atoms with Crippen LogP contribution in [0.2, 0.25) is 0 Å². The van der Waals surface area contributed by atoms with Crippen LogP contribution in [0.3, 0.4) is 0 Å². The quantitative estimate of drug-likeness (QED) is 0.522. The third kappa shape index (κ3) is 4.53. The lowest BCUT2D eigenvalue weighted by atomic mass is 9.89. The molecule has 0 aromatic heterocycles. The molecule has 0 heterocycles. The number of hydrogen-bond donors (Lipinski definition) is 0. The second kappa shape index (κ2) is 8.05. The molecular weight excluding hydrogens is 319 g/mol. The molecule has 0 amide bonds. The van der Waals surface area contributed by atoms with E-state index < -0.39 is 0 Å². The molecule has 1 heteroatoms. The highest BCUT2D eigenvalue weighted by Gasteiger charge is 2.22. The molecule has 0 fully saturated rings. The third-order valence-electron chi connectivity index (χ3n) is 5.03. The van der Waals surface area contributed by atoms with Gasteiger partial charge in [0.05, 0.1) is 0 Å². The largest absolute Gasteiger partial charge is 0.0587 e. The lowest BCUT2D eigenvalue weighted by molar-refractivity contribution is 0.813. The van der Waals surface area contributed by atoms with Gasteiger partial charge in [0, 0.05) is 0 Å². The Balaban J connectivity index is 2.72. The van der Waals surface area contributed by atoms with Crippen LogP contribution in [0.1, 0.15) is 87.1 Å². The van der Waals surface area contributed by atoms with E-state index in [-0.39, 0.29) is 7.92 Å². The zero-order chi connectivity index (χ0) is 18.9. The maximum Gasteiger partial charge on any atom is -0.0129 e.